The molecule has 0 radical (unpaired) electrons. The van der Waals surface area contributed by atoms with Crippen LogP contribution in [0.2, 0.25) is 0 Å². The van der Waals surface area contributed by atoms with Crippen LogP contribution in [0.1, 0.15) is 57.7 Å². The molecule has 1 aliphatic carbocycles. The zero-order valence-electron chi connectivity index (χ0n) is 10.4. The second kappa shape index (κ2) is 5.48. The number of aromatic amines is 1. The lowest BCUT2D eigenvalue weighted by Crippen LogP contribution is -2.35. The third-order valence-electron chi connectivity index (χ3n) is 3.90. The zero-order valence-corrected chi connectivity index (χ0v) is 10.4. The first-order valence-electron chi connectivity index (χ1n) is 6.55. The molecule has 1 aromatic rings. The molecular weight excluding hydrogens is 198 g/mol. The van der Waals surface area contributed by atoms with E-state index in [2.05, 4.69) is 35.4 Å². The molecule has 2 N–H and O–H groups in total. The Morgan fingerprint density at radius 3 is 2.75 bits per heavy atom. The Labute approximate surface area is 98.0 Å². The van der Waals surface area contributed by atoms with Crippen LogP contribution in [0.15, 0.2) is 12.3 Å². The van der Waals surface area contributed by atoms with Crippen molar-refractivity contribution in [1.29, 1.82) is 0 Å². The van der Waals surface area contributed by atoms with Crippen LogP contribution in [0.5, 0.6) is 0 Å². The van der Waals surface area contributed by atoms with Crippen LogP contribution in [0.25, 0.3) is 0 Å². The highest BCUT2D eigenvalue weighted by Crippen LogP contribution is 2.27. The summed E-state index contributed by atoms with van der Waals surface area (Å²) in [7, 11) is 0. The first kappa shape index (κ1) is 11.6. The Bertz CT molecular complexity index is 286. The Hall–Kier alpha value is -0.830. The predicted molar refractivity (Wildman–Crippen MR) is 66.2 cm³/mol. The molecule has 16 heavy (non-hydrogen) atoms. The number of nitrogens with one attached hydrogen (secondary N) is 2. The van der Waals surface area contributed by atoms with Crippen molar-refractivity contribution in [1.82, 2.24) is 15.5 Å². The van der Waals surface area contributed by atoms with Crippen LogP contribution in [-0.4, -0.2) is 16.2 Å². The van der Waals surface area contributed by atoms with E-state index in [0.29, 0.717) is 12.1 Å². The highest BCUT2D eigenvalue weighted by atomic mass is 15.1. The molecule has 1 atom stereocenters. The molecular formula is C13H23N3. The highest BCUT2D eigenvalue weighted by Gasteiger charge is 2.21. The van der Waals surface area contributed by atoms with Gasteiger partial charge in [0, 0.05) is 18.3 Å². The van der Waals surface area contributed by atoms with Crippen molar-refractivity contribution in [2.24, 2.45) is 5.92 Å². The first-order valence-corrected chi connectivity index (χ1v) is 6.55. The van der Waals surface area contributed by atoms with E-state index in [4.69, 9.17) is 0 Å². The molecule has 2 rings (SSSR count). The number of nitrogens with zero attached hydrogens (tertiary/aromatic N) is 1. The van der Waals surface area contributed by atoms with Gasteiger partial charge in [-0.1, -0.05) is 13.3 Å². The smallest absolute Gasteiger partial charge is 0.0518 e. The van der Waals surface area contributed by atoms with Crippen molar-refractivity contribution in [2.45, 2.75) is 58.0 Å². The second-order valence-electron chi connectivity index (χ2n) is 5.03. The van der Waals surface area contributed by atoms with Gasteiger partial charge in [-0.05, 0) is 44.6 Å². The molecule has 90 valence electrons. The number of rotatable bonds is 4. The van der Waals surface area contributed by atoms with E-state index >= 15 is 0 Å². The molecule has 0 aromatic carbocycles. The molecule has 3 nitrogen and oxygen atoms in total. The number of aromatic nitrogens is 2. The maximum absolute atomic E-state index is 4.00. The van der Waals surface area contributed by atoms with Crippen LogP contribution < -0.4 is 5.32 Å². The molecule has 1 aromatic heterocycles. The van der Waals surface area contributed by atoms with E-state index in [-0.39, 0.29) is 0 Å². The molecule has 1 fully saturated rings. The van der Waals surface area contributed by atoms with Crippen molar-refractivity contribution in [2.75, 3.05) is 0 Å². The molecule has 1 saturated carbocycles. The minimum Gasteiger partial charge on any atom is -0.306 e. The first-order chi connectivity index (χ1) is 7.79. The summed E-state index contributed by atoms with van der Waals surface area (Å²) in [5.41, 5.74) is 1.19. The summed E-state index contributed by atoms with van der Waals surface area (Å²) >= 11 is 0. The highest BCUT2D eigenvalue weighted by molar-refractivity contribution is 5.03. The minimum atomic E-state index is 0.394. The lowest BCUT2D eigenvalue weighted by atomic mass is 9.84. The molecule has 0 aliphatic heterocycles. The van der Waals surface area contributed by atoms with E-state index in [1.54, 1.807) is 0 Å². The van der Waals surface area contributed by atoms with Crippen LogP contribution in [-0.2, 0) is 0 Å². The van der Waals surface area contributed by atoms with Crippen LogP contribution in [0.3, 0.4) is 0 Å². The Morgan fingerprint density at radius 2 is 2.19 bits per heavy atom. The maximum atomic E-state index is 4.00. The van der Waals surface area contributed by atoms with Gasteiger partial charge >= 0.3 is 0 Å². The van der Waals surface area contributed by atoms with Gasteiger partial charge in [0.25, 0.3) is 0 Å². The molecule has 0 amide bonds. The Balaban J connectivity index is 1.78. The van der Waals surface area contributed by atoms with Crippen LogP contribution in [0, 0.1) is 5.92 Å². The molecule has 0 bridgehead atoms. The summed E-state index contributed by atoms with van der Waals surface area (Å²) in [6.45, 7) is 4.52. The summed E-state index contributed by atoms with van der Waals surface area (Å²) in [6.07, 6.45) is 8.62. The number of hydrogen-bond donors (Lipinski definition) is 2. The van der Waals surface area contributed by atoms with Gasteiger partial charge < -0.3 is 5.32 Å². The standard InChI is InChI=1S/C13H23N3/c1-3-11-4-6-12(7-5-11)15-10(2)13-8-9-14-16-13/h8-12,15H,3-7H2,1-2H3,(H,14,16). The Morgan fingerprint density at radius 1 is 1.44 bits per heavy atom. The van der Waals surface area contributed by atoms with Crippen molar-refractivity contribution < 1.29 is 0 Å². The molecule has 3 heteroatoms. The normalized spacial score (nSPS) is 27.9. The topological polar surface area (TPSA) is 40.7 Å². The lowest BCUT2D eigenvalue weighted by Gasteiger charge is -2.30. The van der Waals surface area contributed by atoms with E-state index in [0.717, 1.165) is 5.92 Å². The third-order valence-corrected chi connectivity index (χ3v) is 3.90. The fraction of sp³-hybridized carbons (Fsp3) is 0.769. The molecule has 0 spiro atoms. The fourth-order valence-corrected chi connectivity index (χ4v) is 2.69. The zero-order chi connectivity index (χ0) is 11.4. The average Bonchev–Trinajstić information content (AvgIpc) is 2.83. The van der Waals surface area contributed by atoms with E-state index < -0.39 is 0 Å². The average molecular weight is 221 g/mol. The molecule has 1 unspecified atom stereocenters. The summed E-state index contributed by atoms with van der Waals surface area (Å²) < 4.78 is 0. The quantitative estimate of drug-likeness (QED) is 0.820. The minimum absolute atomic E-state index is 0.394. The van der Waals surface area contributed by atoms with Crippen molar-refractivity contribution >= 4 is 0 Å². The summed E-state index contributed by atoms with van der Waals surface area (Å²) in [6, 6.07) is 3.14. The largest absolute Gasteiger partial charge is 0.306 e. The van der Waals surface area contributed by atoms with Gasteiger partial charge in [-0.25, -0.2) is 0 Å². The SMILES string of the molecule is CCC1CCC(NC(C)c2ccn[nH]2)CC1. The summed E-state index contributed by atoms with van der Waals surface area (Å²) in [5, 5.41) is 10.7. The monoisotopic (exact) mass is 221 g/mol. The van der Waals surface area contributed by atoms with Gasteiger partial charge in [0.1, 0.15) is 0 Å². The van der Waals surface area contributed by atoms with Crippen LogP contribution in [0.4, 0.5) is 0 Å². The van der Waals surface area contributed by atoms with Gasteiger partial charge in [0.2, 0.25) is 0 Å². The van der Waals surface area contributed by atoms with E-state index in [1.165, 1.54) is 37.8 Å². The second-order valence-corrected chi connectivity index (χ2v) is 5.03. The number of H-pyrrole nitrogens is 1. The van der Waals surface area contributed by atoms with Gasteiger partial charge in [-0.15, -0.1) is 0 Å². The molecule has 1 heterocycles. The Kier molecular flexibility index (Phi) is 3.99. The molecule has 0 saturated heterocycles. The predicted octanol–water partition coefficient (Wildman–Crippen LogP) is 3.03. The fourth-order valence-electron chi connectivity index (χ4n) is 2.69. The lowest BCUT2D eigenvalue weighted by molar-refractivity contribution is 0.272. The van der Waals surface area contributed by atoms with Crippen molar-refractivity contribution in [3.63, 3.8) is 0 Å². The van der Waals surface area contributed by atoms with E-state index in [1.807, 2.05) is 6.20 Å². The van der Waals surface area contributed by atoms with Gasteiger partial charge in [-0.2, -0.15) is 5.10 Å². The van der Waals surface area contributed by atoms with E-state index in [9.17, 15) is 0 Å². The summed E-state index contributed by atoms with van der Waals surface area (Å²) in [5.74, 6) is 0.973. The number of hydrogen-bond acceptors (Lipinski definition) is 2. The van der Waals surface area contributed by atoms with Gasteiger partial charge in [0.05, 0.1) is 5.69 Å². The summed E-state index contributed by atoms with van der Waals surface area (Å²) in [4.78, 5) is 0. The van der Waals surface area contributed by atoms with Gasteiger partial charge in [-0.3, -0.25) is 5.10 Å². The maximum Gasteiger partial charge on any atom is 0.0518 e. The molecule has 1 aliphatic rings. The van der Waals surface area contributed by atoms with Crippen molar-refractivity contribution in [3.8, 4) is 0 Å². The van der Waals surface area contributed by atoms with Crippen molar-refractivity contribution in [3.05, 3.63) is 18.0 Å². The van der Waals surface area contributed by atoms with Gasteiger partial charge in [0.15, 0.2) is 0 Å². The third kappa shape index (κ3) is 2.85. The van der Waals surface area contributed by atoms with Crippen LogP contribution >= 0.6 is 0 Å².